The van der Waals surface area contributed by atoms with Gasteiger partial charge in [0.1, 0.15) is 11.3 Å². The Balaban J connectivity index is 1.36. The lowest BCUT2D eigenvalue weighted by Crippen LogP contribution is -2.28. The van der Waals surface area contributed by atoms with Gasteiger partial charge in [0.05, 0.1) is 12.1 Å². The van der Waals surface area contributed by atoms with E-state index in [1.165, 1.54) is 0 Å². The minimum atomic E-state index is -0.185. The third kappa shape index (κ3) is 3.54. The lowest BCUT2D eigenvalue weighted by molar-refractivity contribution is 0.0956. The zero-order valence-electron chi connectivity index (χ0n) is 16.8. The number of hydrogen-bond donors (Lipinski definition) is 2. The molecule has 2 aliphatic rings. The van der Waals surface area contributed by atoms with E-state index in [2.05, 4.69) is 38.8 Å². The molecule has 0 bridgehead atoms. The molecule has 1 aliphatic carbocycles. The van der Waals surface area contributed by atoms with Crippen LogP contribution in [0.5, 0.6) is 0 Å². The SMILES string of the molecule is CC1CC=C(c2noc(C3CCCNC3)n2)C=C1NC(=O)c1cnc2ccccn12. The summed E-state index contributed by atoms with van der Waals surface area (Å²) in [4.78, 5) is 21.8. The Bertz CT molecular complexity index is 1140. The zero-order chi connectivity index (χ0) is 20.5. The van der Waals surface area contributed by atoms with Crippen molar-refractivity contribution >= 4 is 17.1 Å². The fourth-order valence-electron chi connectivity index (χ4n) is 3.99. The maximum atomic E-state index is 12.9. The molecule has 4 heterocycles. The Morgan fingerprint density at radius 2 is 2.30 bits per heavy atom. The van der Waals surface area contributed by atoms with Gasteiger partial charge in [-0.2, -0.15) is 4.98 Å². The van der Waals surface area contributed by atoms with Crippen molar-refractivity contribution in [2.75, 3.05) is 13.1 Å². The molecule has 8 nitrogen and oxygen atoms in total. The highest BCUT2D eigenvalue weighted by atomic mass is 16.5. The molecule has 0 spiro atoms. The molecule has 5 rings (SSSR count). The van der Waals surface area contributed by atoms with Gasteiger partial charge >= 0.3 is 0 Å². The average Bonchev–Trinajstić information content (AvgIpc) is 3.43. The number of imidazole rings is 1. The van der Waals surface area contributed by atoms with Crippen molar-refractivity contribution in [1.29, 1.82) is 0 Å². The van der Waals surface area contributed by atoms with Gasteiger partial charge in [-0.3, -0.25) is 9.20 Å². The third-order valence-electron chi connectivity index (χ3n) is 5.79. The van der Waals surface area contributed by atoms with Gasteiger partial charge in [0.15, 0.2) is 0 Å². The van der Waals surface area contributed by atoms with Gasteiger partial charge in [-0.1, -0.05) is 24.2 Å². The number of rotatable bonds is 4. The van der Waals surface area contributed by atoms with Crippen LogP contribution in [0.3, 0.4) is 0 Å². The van der Waals surface area contributed by atoms with Gasteiger partial charge in [-0.25, -0.2) is 4.98 Å². The van der Waals surface area contributed by atoms with Gasteiger partial charge in [0.2, 0.25) is 11.7 Å². The van der Waals surface area contributed by atoms with Gasteiger partial charge in [-0.15, -0.1) is 0 Å². The highest BCUT2D eigenvalue weighted by Gasteiger charge is 2.24. The van der Waals surface area contributed by atoms with Crippen molar-refractivity contribution in [2.24, 2.45) is 5.92 Å². The molecule has 1 amide bonds. The lowest BCUT2D eigenvalue weighted by atomic mass is 9.94. The molecule has 2 atom stereocenters. The predicted octanol–water partition coefficient (Wildman–Crippen LogP) is 2.92. The minimum Gasteiger partial charge on any atom is -0.339 e. The van der Waals surface area contributed by atoms with Crippen molar-refractivity contribution in [2.45, 2.75) is 32.1 Å². The molecule has 0 aromatic carbocycles. The number of fused-ring (bicyclic) bond motifs is 1. The van der Waals surface area contributed by atoms with Gasteiger partial charge in [-0.05, 0) is 49.9 Å². The highest BCUT2D eigenvalue weighted by molar-refractivity contribution is 5.94. The van der Waals surface area contributed by atoms with Crippen LogP contribution in [0.25, 0.3) is 11.2 Å². The first-order chi connectivity index (χ1) is 14.7. The van der Waals surface area contributed by atoms with E-state index < -0.39 is 0 Å². The Kier molecular flexibility index (Phi) is 4.92. The molecular weight excluding hydrogens is 380 g/mol. The van der Waals surface area contributed by atoms with Crippen LogP contribution >= 0.6 is 0 Å². The van der Waals surface area contributed by atoms with E-state index in [0.717, 1.165) is 49.3 Å². The summed E-state index contributed by atoms with van der Waals surface area (Å²) in [5.74, 6) is 1.52. The number of hydrogen-bond acceptors (Lipinski definition) is 6. The van der Waals surface area contributed by atoms with Crippen LogP contribution in [0, 0.1) is 5.92 Å². The van der Waals surface area contributed by atoms with Crippen molar-refractivity contribution in [3.63, 3.8) is 0 Å². The Morgan fingerprint density at radius 3 is 3.17 bits per heavy atom. The summed E-state index contributed by atoms with van der Waals surface area (Å²) in [7, 11) is 0. The van der Waals surface area contributed by atoms with E-state index in [0.29, 0.717) is 17.4 Å². The monoisotopic (exact) mass is 404 g/mol. The summed E-state index contributed by atoms with van der Waals surface area (Å²) >= 11 is 0. The van der Waals surface area contributed by atoms with Gasteiger partial charge < -0.3 is 15.2 Å². The summed E-state index contributed by atoms with van der Waals surface area (Å²) in [5.41, 5.74) is 2.96. The van der Waals surface area contributed by atoms with E-state index in [-0.39, 0.29) is 17.7 Å². The maximum Gasteiger partial charge on any atom is 0.274 e. The van der Waals surface area contributed by atoms with E-state index in [9.17, 15) is 4.79 Å². The number of pyridine rings is 1. The highest BCUT2D eigenvalue weighted by Crippen LogP contribution is 2.29. The normalized spacial score (nSPS) is 21.9. The van der Waals surface area contributed by atoms with E-state index in [1.807, 2.05) is 30.5 Å². The number of amides is 1. The first-order valence-corrected chi connectivity index (χ1v) is 10.4. The summed E-state index contributed by atoms with van der Waals surface area (Å²) in [6.45, 7) is 4.00. The molecule has 2 N–H and O–H groups in total. The molecule has 3 aromatic heterocycles. The lowest BCUT2D eigenvalue weighted by Gasteiger charge is -2.20. The van der Waals surface area contributed by atoms with Gasteiger partial charge in [0, 0.05) is 24.0 Å². The van der Waals surface area contributed by atoms with Crippen LogP contribution in [0.15, 0.2) is 53.0 Å². The fraction of sp³-hybridized carbons (Fsp3) is 0.364. The van der Waals surface area contributed by atoms with E-state index >= 15 is 0 Å². The molecule has 0 saturated carbocycles. The van der Waals surface area contributed by atoms with Crippen molar-refractivity contribution < 1.29 is 9.32 Å². The predicted molar refractivity (Wildman–Crippen MR) is 112 cm³/mol. The smallest absolute Gasteiger partial charge is 0.274 e. The molecule has 1 aliphatic heterocycles. The quantitative estimate of drug-likeness (QED) is 0.694. The minimum absolute atomic E-state index is 0.185. The molecule has 1 saturated heterocycles. The molecular formula is C22H24N6O2. The Labute approximate surface area is 174 Å². The average molecular weight is 404 g/mol. The van der Waals surface area contributed by atoms with Crippen LogP contribution in [-0.2, 0) is 0 Å². The number of carbonyl (C=O) groups is 1. The fourth-order valence-corrected chi connectivity index (χ4v) is 3.99. The first kappa shape index (κ1) is 18.7. The van der Waals surface area contributed by atoms with Crippen LogP contribution in [0.2, 0.25) is 0 Å². The summed E-state index contributed by atoms with van der Waals surface area (Å²) in [5, 5.41) is 10.6. The number of aromatic nitrogens is 4. The first-order valence-electron chi connectivity index (χ1n) is 10.4. The molecule has 30 heavy (non-hydrogen) atoms. The Morgan fingerprint density at radius 1 is 1.37 bits per heavy atom. The van der Waals surface area contributed by atoms with Crippen molar-refractivity contribution in [3.8, 4) is 0 Å². The summed E-state index contributed by atoms with van der Waals surface area (Å²) in [6.07, 6.45) is 10.4. The van der Waals surface area contributed by atoms with Crippen LogP contribution in [0.1, 0.15) is 54.3 Å². The van der Waals surface area contributed by atoms with Crippen LogP contribution < -0.4 is 10.6 Å². The molecule has 1 fully saturated rings. The molecule has 3 aromatic rings. The van der Waals surface area contributed by atoms with Crippen molar-refractivity contribution in [3.05, 3.63) is 65.9 Å². The van der Waals surface area contributed by atoms with Crippen molar-refractivity contribution in [1.82, 2.24) is 30.2 Å². The number of carbonyl (C=O) groups excluding carboxylic acids is 1. The van der Waals surface area contributed by atoms with Crippen LogP contribution in [0.4, 0.5) is 0 Å². The molecule has 0 radical (unpaired) electrons. The third-order valence-corrected chi connectivity index (χ3v) is 5.79. The molecule has 8 heteroatoms. The van der Waals surface area contributed by atoms with E-state index in [4.69, 9.17) is 4.52 Å². The second-order valence-electron chi connectivity index (χ2n) is 7.92. The van der Waals surface area contributed by atoms with Crippen LogP contribution in [-0.4, -0.2) is 38.5 Å². The number of piperidine rings is 1. The summed E-state index contributed by atoms with van der Waals surface area (Å²) in [6, 6.07) is 5.65. The Hall–Kier alpha value is -3.26. The largest absolute Gasteiger partial charge is 0.339 e. The second-order valence-corrected chi connectivity index (χ2v) is 7.92. The number of nitrogens with zero attached hydrogens (tertiary/aromatic N) is 4. The standard InChI is InChI=1S/C22H24N6O2/c1-14-7-8-15(20-26-22(30-27-20)16-5-4-9-23-12-16)11-17(14)25-21(29)18-13-24-19-6-2-3-10-28(18)19/h2-3,6,8,10-11,13-14,16,23H,4-5,7,9,12H2,1H3,(H,25,29). The second kappa shape index (κ2) is 7.87. The van der Waals surface area contributed by atoms with E-state index in [1.54, 1.807) is 10.6 Å². The van der Waals surface area contributed by atoms with Gasteiger partial charge in [0.25, 0.3) is 5.91 Å². The molecule has 2 unspecified atom stereocenters. The summed E-state index contributed by atoms with van der Waals surface area (Å²) < 4.78 is 7.32. The topological polar surface area (TPSA) is 97.4 Å². The number of allylic oxidation sites excluding steroid dienone is 4. The maximum absolute atomic E-state index is 12.9. The molecule has 154 valence electrons. The number of nitrogens with one attached hydrogen (secondary N) is 2. The zero-order valence-corrected chi connectivity index (χ0v) is 16.8.